The molecule has 0 aliphatic rings. The van der Waals surface area contributed by atoms with Crippen LogP contribution in [0, 0.1) is 0 Å². The van der Waals surface area contributed by atoms with Gasteiger partial charge in [0, 0.05) is 10.9 Å². The Morgan fingerprint density at radius 2 is 1.32 bits per heavy atom. The van der Waals surface area contributed by atoms with Gasteiger partial charge in [-0.2, -0.15) is 0 Å². The van der Waals surface area contributed by atoms with Crippen LogP contribution in [-0.2, 0) is 19.1 Å². The van der Waals surface area contributed by atoms with Gasteiger partial charge in [0.25, 0.3) is 0 Å². The summed E-state index contributed by atoms with van der Waals surface area (Å²) in [7, 11) is 2.73. The molecule has 0 amide bonds. The van der Waals surface area contributed by atoms with Gasteiger partial charge < -0.3 is 14.0 Å². The number of alkyl halides is 1. The van der Waals surface area contributed by atoms with E-state index in [1.54, 1.807) is 0 Å². The fraction of sp³-hybridized carbons (Fsp3) is 0.667. The lowest BCUT2D eigenvalue weighted by Gasteiger charge is -2.45. The van der Waals surface area contributed by atoms with Crippen LogP contribution in [0.2, 0.25) is 0 Å². The summed E-state index contributed by atoms with van der Waals surface area (Å²) in [6.45, 7) is 19.8. The van der Waals surface area contributed by atoms with Crippen LogP contribution in [0.15, 0.2) is 24.3 Å². The maximum absolute atomic E-state index is 11.4. The third-order valence-corrected chi connectivity index (χ3v) is 4.92. The molecule has 0 aliphatic heterocycles. The molecule has 0 spiro atoms. The number of methoxy groups -OCH3 is 2. The Bertz CT molecular complexity index is 426. The summed E-state index contributed by atoms with van der Waals surface area (Å²) in [6.07, 6.45) is 0. The number of nitrogens with zero attached hydrogens (tertiary/aromatic N) is 1. The van der Waals surface area contributed by atoms with Gasteiger partial charge in [0.2, 0.25) is 0 Å². The minimum Gasteiger partial charge on any atom is -0.466 e. The number of carbonyl (C=O) groups is 2. The Kier molecular flexibility index (Phi) is 16.9. The summed E-state index contributed by atoms with van der Waals surface area (Å²) >= 11 is 3.06. The van der Waals surface area contributed by atoms with E-state index in [0.29, 0.717) is 35.1 Å². The highest BCUT2D eigenvalue weighted by atomic mass is 79.9. The predicted molar refractivity (Wildman–Crippen MR) is 112 cm³/mol. The number of ether oxygens (including phenoxy) is 2. The molecule has 0 aromatic carbocycles. The lowest BCUT2D eigenvalue weighted by Crippen LogP contribution is -2.58. The molecule has 0 rings (SSSR count). The lowest BCUT2D eigenvalue weighted by atomic mass is 10.1. The summed E-state index contributed by atoms with van der Waals surface area (Å²) in [6, 6.07) is 0.929. The van der Waals surface area contributed by atoms with Crippen LogP contribution in [0.3, 0.4) is 0 Å². The molecule has 0 aliphatic carbocycles. The van der Waals surface area contributed by atoms with Crippen molar-refractivity contribution in [3.8, 4) is 0 Å². The maximum atomic E-state index is 11.4. The van der Waals surface area contributed by atoms with E-state index in [2.05, 4.69) is 68.4 Å². The zero-order chi connectivity index (χ0) is 19.5. The lowest BCUT2D eigenvalue weighted by molar-refractivity contribution is -0.960. The number of esters is 2. The monoisotopic (exact) mass is 486 g/mol. The van der Waals surface area contributed by atoms with E-state index in [4.69, 9.17) is 4.74 Å². The van der Waals surface area contributed by atoms with Crippen molar-refractivity contribution in [3.05, 3.63) is 24.3 Å². The number of likely N-dealkylation sites (N-methyl/N-ethyl adjacent to an activating group) is 1. The number of quaternary nitrogens is 1. The molecular formula is C18H34Br2NO4+. The highest BCUT2D eigenvalue weighted by molar-refractivity contribution is 9.09. The fourth-order valence-corrected chi connectivity index (χ4v) is 2.80. The molecule has 5 nitrogen and oxygen atoms in total. The molecule has 0 atom stereocenters. The number of carbonyl (C=O) groups excluding carboxylic acids is 2. The van der Waals surface area contributed by atoms with Gasteiger partial charge in [-0.3, -0.25) is 0 Å². The molecule has 0 aromatic rings. The molecule has 148 valence electrons. The highest BCUT2D eigenvalue weighted by Gasteiger charge is 2.34. The molecule has 0 radical (unpaired) electrons. The van der Waals surface area contributed by atoms with Crippen LogP contribution in [0.1, 0.15) is 34.6 Å². The molecule has 0 fully saturated rings. The molecule has 0 unspecified atom stereocenters. The molecule has 0 N–H and O–H groups in total. The van der Waals surface area contributed by atoms with Crippen molar-refractivity contribution in [3.63, 3.8) is 0 Å². The third-order valence-electron chi connectivity index (χ3n) is 4.24. The second-order valence-corrected chi connectivity index (χ2v) is 6.65. The average molecular weight is 488 g/mol. The van der Waals surface area contributed by atoms with E-state index in [1.165, 1.54) is 14.2 Å². The van der Waals surface area contributed by atoms with Gasteiger partial charge in [-0.15, -0.1) is 17.0 Å². The Morgan fingerprint density at radius 3 is 1.52 bits per heavy atom. The number of hydrogen-bond donors (Lipinski definition) is 0. The smallest absolute Gasteiger partial charge is 0.338 e. The first-order valence-electron chi connectivity index (χ1n) is 7.98. The standard InChI is InChI=1S/C13H26NO2.C5H7BrO2.BrH/c1-8-14(10(2)3,11(4)5)9-12(6)13(15)16-7;1-4(3-6)5(7)8-2;/h10-11H,6,8-9H2,1-5,7H3;1,3H2,2H3;1H/q+1;;. The van der Waals surface area contributed by atoms with E-state index in [9.17, 15) is 9.59 Å². The van der Waals surface area contributed by atoms with Crippen molar-refractivity contribution in [2.45, 2.75) is 46.7 Å². The van der Waals surface area contributed by atoms with Gasteiger partial charge in [0.1, 0.15) is 6.54 Å². The van der Waals surface area contributed by atoms with Crippen molar-refractivity contribution >= 4 is 44.9 Å². The highest BCUT2D eigenvalue weighted by Crippen LogP contribution is 2.21. The topological polar surface area (TPSA) is 52.6 Å². The zero-order valence-corrected chi connectivity index (χ0v) is 19.9. The Hall–Kier alpha value is -0.660. The molecule has 0 saturated carbocycles. The number of rotatable bonds is 8. The Balaban J connectivity index is -0.000000457. The van der Waals surface area contributed by atoms with E-state index in [1.807, 2.05) is 0 Å². The number of hydrogen-bond acceptors (Lipinski definition) is 4. The fourth-order valence-electron chi connectivity index (χ4n) is 2.57. The first kappa shape index (κ1) is 29.1. The third kappa shape index (κ3) is 9.56. The van der Waals surface area contributed by atoms with Crippen LogP contribution < -0.4 is 0 Å². The second kappa shape index (κ2) is 14.5. The first-order valence-corrected chi connectivity index (χ1v) is 9.10. The normalized spacial score (nSPS) is 10.3. The minimum absolute atomic E-state index is 0. The second-order valence-electron chi connectivity index (χ2n) is 6.09. The van der Waals surface area contributed by atoms with Crippen LogP contribution in [0.5, 0.6) is 0 Å². The maximum Gasteiger partial charge on any atom is 0.338 e. The summed E-state index contributed by atoms with van der Waals surface area (Å²) in [5.41, 5.74) is 0.999. The van der Waals surface area contributed by atoms with Gasteiger partial charge in [-0.25, -0.2) is 9.59 Å². The van der Waals surface area contributed by atoms with Crippen LogP contribution in [-0.4, -0.2) is 61.1 Å². The molecule has 0 aromatic heterocycles. The molecule has 0 saturated heterocycles. The van der Waals surface area contributed by atoms with Gasteiger partial charge in [0.15, 0.2) is 0 Å². The van der Waals surface area contributed by atoms with E-state index in [0.717, 1.165) is 11.0 Å². The van der Waals surface area contributed by atoms with Crippen molar-refractivity contribution in [2.24, 2.45) is 0 Å². The summed E-state index contributed by atoms with van der Waals surface area (Å²) in [4.78, 5) is 21.8. The van der Waals surface area contributed by atoms with Crippen molar-refractivity contribution < 1.29 is 23.5 Å². The minimum atomic E-state index is -0.359. The van der Waals surface area contributed by atoms with Gasteiger partial charge in [-0.1, -0.05) is 29.1 Å². The first-order chi connectivity index (χ1) is 11.0. The molecular weight excluding hydrogens is 454 g/mol. The predicted octanol–water partition coefficient (Wildman–Crippen LogP) is 4.06. The van der Waals surface area contributed by atoms with Gasteiger partial charge in [-0.05, 0) is 34.6 Å². The van der Waals surface area contributed by atoms with Gasteiger partial charge in [0.05, 0.1) is 38.4 Å². The van der Waals surface area contributed by atoms with Crippen molar-refractivity contribution in [1.82, 2.24) is 0 Å². The average Bonchev–Trinajstić information content (AvgIpc) is 2.56. The van der Waals surface area contributed by atoms with Gasteiger partial charge >= 0.3 is 11.9 Å². The Labute approximate surface area is 171 Å². The van der Waals surface area contributed by atoms with Crippen LogP contribution in [0.4, 0.5) is 0 Å². The molecule has 0 bridgehead atoms. The largest absolute Gasteiger partial charge is 0.466 e. The summed E-state index contributed by atoms with van der Waals surface area (Å²) in [5.74, 6) is -0.654. The zero-order valence-electron chi connectivity index (χ0n) is 16.6. The van der Waals surface area contributed by atoms with E-state index < -0.39 is 0 Å². The quantitative estimate of drug-likeness (QED) is 0.224. The Morgan fingerprint density at radius 1 is 0.960 bits per heavy atom. The van der Waals surface area contributed by atoms with Crippen molar-refractivity contribution in [2.75, 3.05) is 32.6 Å². The molecule has 7 heteroatoms. The van der Waals surface area contributed by atoms with E-state index >= 15 is 0 Å². The molecule has 25 heavy (non-hydrogen) atoms. The summed E-state index contributed by atoms with van der Waals surface area (Å²) in [5, 5.41) is 0.472. The van der Waals surface area contributed by atoms with Crippen LogP contribution >= 0.6 is 32.9 Å². The number of halogens is 2. The SMILES string of the molecule is Br.C=C(CBr)C(=O)OC.C=C(C[N+](CC)(C(C)C)C(C)C)C(=O)OC. The van der Waals surface area contributed by atoms with E-state index in [-0.39, 0.29) is 28.9 Å². The van der Waals surface area contributed by atoms with Crippen LogP contribution in [0.25, 0.3) is 0 Å². The molecule has 0 heterocycles. The van der Waals surface area contributed by atoms with Crippen molar-refractivity contribution in [1.29, 1.82) is 0 Å². The summed E-state index contributed by atoms with van der Waals surface area (Å²) < 4.78 is 9.92.